The van der Waals surface area contributed by atoms with E-state index in [-0.39, 0.29) is 19.6 Å². The molecular weight excluding hydrogens is 813 g/mol. The SMILES string of the molecule is CCCCCC/C=C\C/C=C\CCCCCCCCCCOCC(COC1OC(CO)C(O)C(OS(=O)(=O)O)C1O)OC(=O)CCCCCCC/C=C\C/C=C\CCCCCC. The second-order valence-corrected chi connectivity index (χ2v) is 17.7. The Bertz CT molecular complexity index is 1270. The van der Waals surface area contributed by atoms with Crippen molar-refractivity contribution < 1.29 is 56.2 Å². The van der Waals surface area contributed by atoms with Gasteiger partial charge >= 0.3 is 16.4 Å². The second-order valence-electron chi connectivity index (χ2n) is 16.7. The molecule has 12 nitrogen and oxygen atoms in total. The third-order valence-electron chi connectivity index (χ3n) is 10.9. The molecule has 0 saturated carbocycles. The number of esters is 1. The number of carbonyl (C=O) groups excluding carboxylic acids is 1. The van der Waals surface area contributed by atoms with Crippen LogP contribution < -0.4 is 0 Å². The molecule has 362 valence electrons. The average Bonchev–Trinajstić information content (AvgIpc) is 3.24. The van der Waals surface area contributed by atoms with Gasteiger partial charge in [-0.1, -0.05) is 159 Å². The fraction of sp³-hybridized carbons (Fsp3) is 0.816. The number of aliphatic hydroxyl groups excluding tert-OH is 3. The highest BCUT2D eigenvalue weighted by atomic mass is 32.3. The molecule has 62 heavy (non-hydrogen) atoms. The predicted molar refractivity (Wildman–Crippen MR) is 248 cm³/mol. The molecule has 0 aromatic rings. The molecule has 0 radical (unpaired) electrons. The zero-order valence-electron chi connectivity index (χ0n) is 38.7. The molecule has 1 aliphatic rings. The first-order valence-electron chi connectivity index (χ1n) is 24.4. The monoisotopic (exact) mass is 901 g/mol. The van der Waals surface area contributed by atoms with E-state index in [9.17, 15) is 33.1 Å². The lowest BCUT2D eigenvalue weighted by atomic mass is 9.99. The summed E-state index contributed by atoms with van der Waals surface area (Å²) in [6.07, 6.45) is 39.9. The third-order valence-corrected chi connectivity index (χ3v) is 11.4. The van der Waals surface area contributed by atoms with Crippen LogP contribution in [0, 0.1) is 0 Å². The van der Waals surface area contributed by atoms with E-state index in [4.69, 9.17) is 18.9 Å². The minimum atomic E-state index is -5.07. The second kappa shape index (κ2) is 40.6. The van der Waals surface area contributed by atoms with Crippen LogP contribution in [0.25, 0.3) is 0 Å². The molecule has 0 aliphatic carbocycles. The molecule has 1 aliphatic heterocycles. The Morgan fingerprint density at radius 2 is 1.06 bits per heavy atom. The van der Waals surface area contributed by atoms with Gasteiger partial charge in [0.05, 0.1) is 19.8 Å². The van der Waals surface area contributed by atoms with Crippen molar-refractivity contribution in [1.82, 2.24) is 0 Å². The Balaban J connectivity index is 2.41. The van der Waals surface area contributed by atoms with Crippen LogP contribution in [0.1, 0.15) is 194 Å². The number of ether oxygens (including phenoxy) is 4. The molecule has 1 saturated heterocycles. The number of rotatable bonds is 42. The maximum atomic E-state index is 12.9. The maximum Gasteiger partial charge on any atom is 0.397 e. The van der Waals surface area contributed by atoms with Crippen LogP contribution in [0.15, 0.2) is 48.6 Å². The molecule has 1 heterocycles. The number of allylic oxidation sites excluding steroid dienone is 8. The van der Waals surface area contributed by atoms with Crippen molar-refractivity contribution in [3.63, 3.8) is 0 Å². The number of carbonyl (C=O) groups is 1. The van der Waals surface area contributed by atoms with Gasteiger partial charge in [0.15, 0.2) is 6.29 Å². The minimum absolute atomic E-state index is 0.0254. The van der Waals surface area contributed by atoms with Gasteiger partial charge in [-0.2, -0.15) is 8.42 Å². The van der Waals surface area contributed by atoms with Gasteiger partial charge in [-0.25, -0.2) is 4.18 Å². The Kier molecular flexibility index (Phi) is 38.0. The maximum absolute atomic E-state index is 12.9. The summed E-state index contributed by atoms with van der Waals surface area (Å²) in [5.41, 5.74) is 0. The van der Waals surface area contributed by atoms with Crippen molar-refractivity contribution in [2.75, 3.05) is 26.4 Å². The third kappa shape index (κ3) is 33.6. The van der Waals surface area contributed by atoms with Crippen LogP contribution in [0.2, 0.25) is 0 Å². The normalized spacial score (nSPS) is 20.4. The number of hydrogen-bond acceptors (Lipinski definition) is 11. The van der Waals surface area contributed by atoms with Gasteiger partial charge in [-0.15, -0.1) is 0 Å². The van der Waals surface area contributed by atoms with Gasteiger partial charge in [0.1, 0.15) is 30.5 Å². The number of hydrogen-bond donors (Lipinski definition) is 4. The van der Waals surface area contributed by atoms with E-state index in [0.717, 1.165) is 77.0 Å². The summed E-state index contributed by atoms with van der Waals surface area (Å²) in [5, 5.41) is 30.7. The van der Waals surface area contributed by atoms with Crippen molar-refractivity contribution in [3.05, 3.63) is 48.6 Å². The molecule has 1 rings (SSSR count). The minimum Gasteiger partial charge on any atom is -0.457 e. The largest absolute Gasteiger partial charge is 0.457 e. The van der Waals surface area contributed by atoms with Crippen LogP contribution in [-0.4, -0.2) is 97.5 Å². The summed E-state index contributed by atoms with van der Waals surface area (Å²) in [6, 6.07) is 0. The molecule has 4 N–H and O–H groups in total. The highest BCUT2D eigenvalue weighted by Crippen LogP contribution is 2.26. The van der Waals surface area contributed by atoms with Crippen LogP contribution in [0.5, 0.6) is 0 Å². The zero-order valence-corrected chi connectivity index (χ0v) is 39.5. The van der Waals surface area contributed by atoms with Crippen LogP contribution >= 0.6 is 0 Å². The van der Waals surface area contributed by atoms with Crippen molar-refractivity contribution in [3.8, 4) is 0 Å². The van der Waals surface area contributed by atoms with Gasteiger partial charge in [-0.3, -0.25) is 9.35 Å². The van der Waals surface area contributed by atoms with E-state index in [0.29, 0.717) is 13.0 Å². The molecule has 13 heteroatoms. The Morgan fingerprint density at radius 3 is 1.53 bits per heavy atom. The molecule has 1 fully saturated rings. The van der Waals surface area contributed by atoms with Gasteiger partial charge in [0.2, 0.25) is 0 Å². The van der Waals surface area contributed by atoms with Crippen molar-refractivity contribution >= 4 is 16.4 Å². The topological polar surface area (TPSA) is 178 Å². The molecule has 0 aromatic carbocycles. The highest BCUT2D eigenvalue weighted by molar-refractivity contribution is 7.80. The van der Waals surface area contributed by atoms with E-state index in [2.05, 4.69) is 66.6 Å². The van der Waals surface area contributed by atoms with Crippen LogP contribution in [0.3, 0.4) is 0 Å². The molecule has 0 spiro atoms. The van der Waals surface area contributed by atoms with Crippen molar-refractivity contribution in [2.45, 2.75) is 230 Å². The van der Waals surface area contributed by atoms with E-state index in [1.165, 1.54) is 89.9 Å². The lowest BCUT2D eigenvalue weighted by Crippen LogP contribution is -2.60. The molecule has 6 atom stereocenters. The molecule has 0 bridgehead atoms. The first-order valence-corrected chi connectivity index (χ1v) is 25.8. The first kappa shape index (κ1) is 58.1. The number of unbranched alkanes of at least 4 members (excludes halogenated alkanes) is 21. The summed E-state index contributed by atoms with van der Waals surface area (Å²) >= 11 is 0. The summed E-state index contributed by atoms with van der Waals surface area (Å²) in [7, 11) is -5.07. The van der Waals surface area contributed by atoms with E-state index >= 15 is 0 Å². The molecule has 0 aromatic heterocycles. The zero-order chi connectivity index (χ0) is 45.4. The first-order chi connectivity index (χ1) is 30.1. The van der Waals surface area contributed by atoms with Gasteiger partial charge < -0.3 is 34.3 Å². The van der Waals surface area contributed by atoms with Crippen LogP contribution in [0.4, 0.5) is 0 Å². The fourth-order valence-electron chi connectivity index (χ4n) is 7.20. The predicted octanol–water partition coefficient (Wildman–Crippen LogP) is 10.7. The standard InChI is InChI=1S/C49H88O12S/c1-3-5-7-9-11-13-15-17-19-21-22-23-25-27-29-31-33-35-37-39-57-41-43(42-58-49-47(53)48(61-62(54,55)56)46(52)44(40-50)60-49)59-45(51)38-36-34-32-30-28-26-24-20-18-16-14-12-10-8-6-4-2/h13-16,19-21,24,43-44,46-50,52-53H,3-12,17-18,22-23,25-42H2,1-2H3,(H,54,55,56)/b15-13-,16-14-,21-19-,24-20-. The summed E-state index contributed by atoms with van der Waals surface area (Å²) < 4.78 is 59.1. The van der Waals surface area contributed by atoms with Crippen LogP contribution in [-0.2, 0) is 38.3 Å². The molecule has 0 amide bonds. The lowest BCUT2D eigenvalue weighted by Gasteiger charge is -2.41. The summed E-state index contributed by atoms with van der Waals surface area (Å²) in [5.74, 6) is -0.415. The van der Waals surface area contributed by atoms with Gasteiger partial charge in [0.25, 0.3) is 0 Å². The number of aliphatic hydroxyl groups is 3. The summed E-state index contributed by atoms with van der Waals surface area (Å²) in [6.45, 7) is 3.93. The van der Waals surface area contributed by atoms with Crippen molar-refractivity contribution in [1.29, 1.82) is 0 Å². The summed E-state index contributed by atoms with van der Waals surface area (Å²) in [4.78, 5) is 12.9. The van der Waals surface area contributed by atoms with E-state index in [1.54, 1.807) is 0 Å². The van der Waals surface area contributed by atoms with Gasteiger partial charge in [-0.05, 0) is 77.0 Å². The quantitative estimate of drug-likeness (QED) is 0.0198. The molecule has 6 unspecified atom stereocenters. The molecular formula is C49H88O12S. The average molecular weight is 901 g/mol. The highest BCUT2D eigenvalue weighted by Gasteiger charge is 2.48. The smallest absolute Gasteiger partial charge is 0.397 e. The Hall–Kier alpha value is -1.94. The Morgan fingerprint density at radius 1 is 0.613 bits per heavy atom. The Labute approximate surface area is 376 Å². The van der Waals surface area contributed by atoms with E-state index in [1.807, 2.05) is 0 Å². The van der Waals surface area contributed by atoms with E-state index < -0.39 is 59.8 Å². The fourth-order valence-corrected chi connectivity index (χ4v) is 7.71. The van der Waals surface area contributed by atoms with Crippen molar-refractivity contribution in [2.24, 2.45) is 0 Å². The lowest BCUT2D eigenvalue weighted by molar-refractivity contribution is -0.301. The van der Waals surface area contributed by atoms with Gasteiger partial charge in [0, 0.05) is 13.0 Å².